The Balaban J connectivity index is 1.84. The van der Waals surface area contributed by atoms with Gasteiger partial charge >= 0.3 is 0 Å². The molecule has 5 heteroatoms. The summed E-state index contributed by atoms with van der Waals surface area (Å²) in [7, 11) is 0. The van der Waals surface area contributed by atoms with E-state index in [1.54, 1.807) is 24.5 Å². The summed E-state index contributed by atoms with van der Waals surface area (Å²) in [6.07, 6.45) is 3.44. The molecule has 0 saturated heterocycles. The molecule has 4 aromatic rings. The van der Waals surface area contributed by atoms with Crippen molar-refractivity contribution in [2.45, 2.75) is 13.0 Å². The van der Waals surface area contributed by atoms with Crippen LogP contribution in [0.3, 0.4) is 0 Å². The van der Waals surface area contributed by atoms with Gasteiger partial charge in [0.25, 0.3) is 0 Å². The molecule has 0 aliphatic heterocycles. The van der Waals surface area contributed by atoms with Crippen molar-refractivity contribution >= 4 is 16.6 Å². The zero-order chi connectivity index (χ0) is 18.8. The first-order valence-corrected chi connectivity index (χ1v) is 8.63. The number of rotatable bonds is 4. The monoisotopic (exact) mass is 359 g/mol. The fraction of sp³-hybridized carbons (Fsp3) is 0.0909. The third kappa shape index (κ3) is 3.44. The number of aryl methyl sites for hydroxylation is 1. The lowest BCUT2D eigenvalue weighted by molar-refractivity contribution is 0.471. The Bertz CT molecular complexity index is 1080. The highest BCUT2D eigenvalue weighted by Crippen LogP contribution is 2.36. The Labute approximate surface area is 156 Å². The number of hydrogen-bond donors (Lipinski definition) is 2. The first-order chi connectivity index (χ1) is 13.1. The largest absolute Gasteiger partial charge is 0.505 e. The van der Waals surface area contributed by atoms with Crippen LogP contribution in [0.4, 0.5) is 10.1 Å². The number of halogens is 1. The van der Waals surface area contributed by atoms with Crippen molar-refractivity contribution in [3.05, 3.63) is 95.7 Å². The second-order valence-corrected chi connectivity index (χ2v) is 6.40. The maximum absolute atomic E-state index is 13.3. The van der Waals surface area contributed by atoms with Gasteiger partial charge in [0.15, 0.2) is 0 Å². The van der Waals surface area contributed by atoms with Gasteiger partial charge in [0, 0.05) is 34.7 Å². The van der Waals surface area contributed by atoms with E-state index in [2.05, 4.69) is 15.3 Å². The second kappa shape index (κ2) is 7.03. The van der Waals surface area contributed by atoms with E-state index in [1.807, 2.05) is 43.3 Å². The van der Waals surface area contributed by atoms with E-state index in [0.29, 0.717) is 11.1 Å². The predicted molar refractivity (Wildman–Crippen MR) is 104 cm³/mol. The van der Waals surface area contributed by atoms with Gasteiger partial charge < -0.3 is 10.4 Å². The van der Waals surface area contributed by atoms with Crippen LogP contribution < -0.4 is 5.32 Å². The summed E-state index contributed by atoms with van der Waals surface area (Å²) in [5.41, 5.74) is 3.69. The number of anilines is 1. The summed E-state index contributed by atoms with van der Waals surface area (Å²) >= 11 is 0. The first kappa shape index (κ1) is 17.0. The minimum atomic E-state index is -0.365. The zero-order valence-corrected chi connectivity index (χ0v) is 14.7. The molecule has 4 rings (SSSR count). The number of benzene rings is 2. The topological polar surface area (TPSA) is 58.0 Å². The van der Waals surface area contributed by atoms with Gasteiger partial charge in [0.2, 0.25) is 0 Å². The van der Waals surface area contributed by atoms with Gasteiger partial charge in [-0.25, -0.2) is 9.37 Å². The highest BCUT2D eigenvalue weighted by Gasteiger charge is 2.20. The molecular weight excluding hydrogens is 341 g/mol. The van der Waals surface area contributed by atoms with Crippen molar-refractivity contribution in [2.24, 2.45) is 0 Å². The summed E-state index contributed by atoms with van der Waals surface area (Å²) in [6.45, 7) is 1.89. The Morgan fingerprint density at radius 1 is 1.00 bits per heavy atom. The number of nitrogens with one attached hydrogen (secondary N) is 1. The number of aromatic hydroxyl groups is 1. The number of fused-ring (bicyclic) bond motifs is 1. The van der Waals surface area contributed by atoms with Crippen LogP contribution in [0.25, 0.3) is 10.9 Å². The number of pyridine rings is 2. The van der Waals surface area contributed by atoms with E-state index in [9.17, 15) is 9.50 Å². The number of phenols is 1. The summed E-state index contributed by atoms with van der Waals surface area (Å²) in [6, 6.07) is 17.2. The highest BCUT2D eigenvalue weighted by molar-refractivity contribution is 5.86. The molecule has 2 heterocycles. The molecule has 0 aliphatic carbocycles. The lowest BCUT2D eigenvalue weighted by atomic mass is 9.97. The second-order valence-electron chi connectivity index (χ2n) is 6.40. The van der Waals surface area contributed by atoms with E-state index in [1.165, 1.54) is 12.1 Å². The molecule has 27 heavy (non-hydrogen) atoms. The third-order valence-electron chi connectivity index (χ3n) is 4.49. The first-order valence-electron chi connectivity index (χ1n) is 8.63. The molecule has 0 spiro atoms. The van der Waals surface area contributed by atoms with Crippen LogP contribution in [-0.2, 0) is 0 Å². The number of nitrogens with zero attached hydrogens (tertiary/aromatic N) is 2. The quantitative estimate of drug-likeness (QED) is 0.539. The predicted octanol–water partition coefficient (Wildman–Crippen LogP) is 4.98. The number of aromatic nitrogens is 2. The SMILES string of the molecule is Cc1ccc2ccc(C(Nc3ccc(F)cc3)c3cccnc3)c(O)c2n1. The molecular formula is C22H18FN3O. The van der Waals surface area contributed by atoms with Gasteiger partial charge in [-0.15, -0.1) is 0 Å². The highest BCUT2D eigenvalue weighted by atomic mass is 19.1. The molecule has 0 amide bonds. The van der Waals surface area contributed by atoms with Crippen molar-refractivity contribution in [2.75, 3.05) is 5.32 Å². The van der Waals surface area contributed by atoms with E-state index < -0.39 is 0 Å². The smallest absolute Gasteiger partial charge is 0.147 e. The van der Waals surface area contributed by atoms with Crippen molar-refractivity contribution in [3.63, 3.8) is 0 Å². The molecule has 2 N–H and O–H groups in total. The average molecular weight is 359 g/mol. The van der Waals surface area contributed by atoms with E-state index >= 15 is 0 Å². The molecule has 1 atom stereocenters. The van der Waals surface area contributed by atoms with Crippen molar-refractivity contribution in [3.8, 4) is 5.75 Å². The Morgan fingerprint density at radius 2 is 1.78 bits per heavy atom. The molecule has 0 bridgehead atoms. The Morgan fingerprint density at radius 3 is 2.52 bits per heavy atom. The van der Waals surface area contributed by atoms with Crippen LogP contribution in [0.1, 0.15) is 22.9 Å². The molecule has 2 aromatic carbocycles. The van der Waals surface area contributed by atoms with Gasteiger partial charge in [0.05, 0.1) is 6.04 Å². The number of hydrogen-bond acceptors (Lipinski definition) is 4. The van der Waals surface area contributed by atoms with Gasteiger partial charge in [0.1, 0.15) is 17.1 Å². The maximum Gasteiger partial charge on any atom is 0.147 e. The third-order valence-corrected chi connectivity index (χ3v) is 4.49. The minimum Gasteiger partial charge on any atom is -0.505 e. The summed E-state index contributed by atoms with van der Waals surface area (Å²) in [5, 5.41) is 15.2. The molecule has 0 radical (unpaired) electrons. The minimum absolute atomic E-state index is 0.125. The Hall–Kier alpha value is -3.47. The van der Waals surface area contributed by atoms with E-state index in [0.717, 1.165) is 22.3 Å². The van der Waals surface area contributed by atoms with Crippen LogP contribution in [0, 0.1) is 12.7 Å². The molecule has 4 nitrogen and oxygen atoms in total. The molecule has 2 aromatic heterocycles. The van der Waals surface area contributed by atoms with Gasteiger partial charge in [-0.3, -0.25) is 4.98 Å². The van der Waals surface area contributed by atoms with Crippen LogP contribution in [0.5, 0.6) is 5.75 Å². The zero-order valence-electron chi connectivity index (χ0n) is 14.7. The van der Waals surface area contributed by atoms with Crippen LogP contribution in [0.15, 0.2) is 73.1 Å². The normalized spacial score (nSPS) is 12.1. The standard InChI is InChI=1S/C22H18FN3O/c1-14-4-5-15-6-11-19(22(27)21(15)25-14)20(16-3-2-12-24-13-16)26-18-9-7-17(23)8-10-18/h2-13,20,26-27H,1H3. The van der Waals surface area contributed by atoms with E-state index in [-0.39, 0.29) is 17.6 Å². The van der Waals surface area contributed by atoms with Gasteiger partial charge in [-0.1, -0.05) is 24.3 Å². The fourth-order valence-electron chi connectivity index (χ4n) is 3.12. The van der Waals surface area contributed by atoms with E-state index in [4.69, 9.17) is 0 Å². The van der Waals surface area contributed by atoms with Crippen LogP contribution >= 0.6 is 0 Å². The molecule has 0 saturated carbocycles. The summed E-state index contributed by atoms with van der Waals surface area (Å²) in [4.78, 5) is 8.68. The fourth-order valence-corrected chi connectivity index (χ4v) is 3.12. The van der Waals surface area contributed by atoms with Crippen molar-refractivity contribution in [1.82, 2.24) is 9.97 Å². The van der Waals surface area contributed by atoms with Gasteiger partial charge in [-0.05, 0) is 48.9 Å². The molecule has 0 aliphatic rings. The lowest BCUT2D eigenvalue weighted by Gasteiger charge is -2.22. The average Bonchev–Trinajstić information content (AvgIpc) is 2.69. The summed E-state index contributed by atoms with van der Waals surface area (Å²) in [5.74, 6) is -0.175. The number of phenolic OH excluding ortho intramolecular Hbond substituents is 1. The van der Waals surface area contributed by atoms with Crippen LogP contribution in [-0.4, -0.2) is 15.1 Å². The molecule has 0 fully saturated rings. The summed E-state index contributed by atoms with van der Waals surface area (Å²) < 4.78 is 13.3. The van der Waals surface area contributed by atoms with Crippen molar-refractivity contribution in [1.29, 1.82) is 0 Å². The van der Waals surface area contributed by atoms with Crippen LogP contribution in [0.2, 0.25) is 0 Å². The van der Waals surface area contributed by atoms with Crippen molar-refractivity contribution < 1.29 is 9.50 Å². The molecule has 134 valence electrons. The molecule has 1 unspecified atom stereocenters. The lowest BCUT2D eigenvalue weighted by Crippen LogP contribution is -2.13. The maximum atomic E-state index is 13.3. The van der Waals surface area contributed by atoms with Gasteiger partial charge in [-0.2, -0.15) is 0 Å². The Kier molecular flexibility index (Phi) is 4.42.